The van der Waals surface area contributed by atoms with Crippen LogP contribution in [-0.2, 0) is 11.2 Å². The maximum atomic E-state index is 11.5. The minimum atomic E-state index is -0.502. The lowest BCUT2D eigenvalue weighted by molar-refractivity contribution is 0.0527. The Morgan fingerprint density at radius 1 is 1.29 bits per heavy atom. The molecular weight excluding hydrogens is 333 g/mol. The Balaban J connectivity index is 2.45. The van der Waals surface area contributed by atoms with E-state index in [1.54, 1.807) is 0 Å². The number of hydrogen-bond donors (Lipinski definition) is 1. The van der Waals surface area contributed by atoms with Crippen molar-refractivity contribution in [3.05, 3.63) is 15.9 Å². The highest BCUT2D eigenvalue weighted by Crippen LogP contribution is 2.25. The van der Waals surface area contributed by atoms with Gasteiger partial charge < -0.3 is 10.1 Å². The van der Waals surface area contributed by atoms with Gasteiger partial charge in [-0.1, -0.05) is 35.0 Å². The van der Waals surface area contributed by atoms with Crippen molar-refractivity contribution in [2.24, 2.45) is 0 Å². The van der Waals surface area contributed by atoms with Crippen LogP contribution in [0, 0.1) is 0 Å². The molecule has 1 rings (SSSR count). The highest BCUT2D eigenvalue weighted by atomic mass is 35.5. The van der Waals surface area contributed by atoms with Crippen LogP contribution in [0.5, 0.6) is 0 Å². The number of amides is 1. The zero-order valence-electron chi connectivity index (χ0n) is 12.5. The van der Waals surface area contributed by atoms with Gasteiger partial charge in [-0.3, -0.25) is 0 Å². The lowest BCUT2D eigenvalue weighted by Crippen LogP contribution is -2.33. The Morgan fingerprint density at radius 2 is 1.86 bits per heavy atom. The molecule has 0 aliphatic heterocycles. The molecule has 1 aromatic heterocycles. The number of halogens is 2. The van der Waals surface area contributed by atoms with Crippen LogP contribution in [0.2, 0.25) is 10.3 Å². The van der Waals surface area contributed by atoms with Gasteiger partial charge in [-0.25, -0.2) is 14.8 Å². The van der Waals surface area contributed by atoms with Gasteiger partial charge in [0.1, 0.15) is 15.9 Å². The van der Waals surface area contributed by atoms with Crippen LogP contribution < -0.4 is 5.32 Å². The quantitative estimate of drug-likeness (QED) is 0.376. The summed E-state index contributed by atoms with van der Waals surface area (Å²) in [4.78, 5) is 19.7. The number of thioether (sulfide) groups is 1. The first kappa shape index (κ1) is 18.3. The number of rotatable bonds is 5. The first-order chi connectivity index (χ1) is 9.73. The normalized spacial score (nSPS) is 11.3. The molecule has 5 nitrogen and oxygen atoms in total. The molecule has 0 spiro atoms. The fraction of sp³-hybridized carbons (Fsp3) is 0.615. The number of ether oxygens (including phenoxy) is 1. The molecule has 8 heteroatoms. The number of alkyl carbamates (subject to hydrolysis) is 1. The molecule has 0 saturated heterocycles. The molecule has 1 aromatic rings. The van der Waals surface area contributed by atoms with Gasteiger partial charge in [-0.15, -0.1) is 0 Å². The smallest absolute Gasteiger partial charge is 0.407 e. The molecule has 21 heavy (non-hydrogen) atoms. The molecule has 0 bridgehead atoms. The fourth-order valence-corrected chi connectivity index (χ4v) is 2.52. The third-order valence-corrected chi connectivity index (χ3v) is 3.51. The van der Waals surface area contributed by atoms with Crippen molar-refractivity contribution in [1.82, 2.24) is 15.3 Å². The van der Waals surface area contributed by atoms with E-state index in [2.05, 4.69) is 15.3 Å². The fourth-order valence-electron chi connectivity index (χ4n) is 1.48. The third kappa shape index (κ3) is 6.72. The zero-order valence-corrected chi connectivity index (χ0v) is 14.8. The molecule has 0 unspecified atom stereocenters. The second-order valence-electron chi connectivity index (χ2n) is 5.30. The van der Waals surface area contributed by atoms with Crippen molar-refractivity contribution >= 4 is 41.1 Å². The summed E-state index contributed by atoms with van der Waals surface area (Å²) in [7, 11) is 0. The van der Waals surface area contributed by atoms with Crippen LogP contribution in [0.15, 0.2) is 5.16 Å². The Kier molecular flexibility index (Phi) is 7.03. The Morgan fingerprint density at radius 3 is 2.33 bits per heavy atom. The van der Waals surface area contributed by atoms with Gasteiger partial charge in [0, 0.05) is 12.1 Å². The van der Waals surface area contributed by atoms with Crippen LogP contribution in [0.25, 0.3) is 0 Å². The molecule has 0 aromatic carbocycles. The Labute approximate surface area is 139 Å². The standard InChI is InChI=1S/C13H19Cl2N3O2S/c1-13(2,3)20-12(19)16-7-5-6-8-9(14)17-11(21-4)18-10(8)15/h5-7H2,1-4H3,(H,16,19). The van der Waals surface area contributed by atoms with E-state index in [4.69, 9.17) is 27.9 Å². The average molecular weight is 352 g/mol. The van der Waals surface area contributed by atoms with E-state index in [9.17, 15) is 4.79 Å². The molecule has 0 saturated carbocycles. The second kappa shape index (κ2) is 8.06. The Bertz CT molecular complexity index is 484. The van der Waals surface area contributed by atoms with Gasteiger partial charge in [0.15, 0.2) is 5.16 Å². The van der Waals surface area contributed by atoms with Crippen LogP contribution >= 0.6 is 35.0 Å². The van der Waals surface area contributed by atoms with Gasteiger partial charge in [0.2, 0.25) is 0 Å². The first-order valence-corrected chi connectivity index (χ1v) is 8.43. The SMILES string of the molecule is CSc1nc(Cl)c(CCCNC(=O)OC(C)(C)C)c(Cl)n1. The van der Waals surface area contributed by atoms with Gasteiger partial charge in [-0.05, 0) is 39.9 Å². The summed E-state index contributed by atoms with van der Waals surface area (Å²) in [5, 5.41) is 3.94. The van der Waals surface area contributed by atoms with E-state index in [0.717, 1.165) is 0 Å². The van der Waals surface area contributed by atoms with Gasteiger partial charge in [-0.2, -0.15) is 0 Å². The number of nitrogens with zero attached hydrogens (tertiary/aromatic N) is 2. The van der Waals surface area contributed by atoms with E-state index in [1.807, 2.05) is 27.0 Å². The van der Waals surface area contributed by atoms with E-state index in [-0.39, 0.29) is 0 Å². The van der Waals surface area contributed by atoms with Crippen molar-refractivity contribution in [1.29, 1.82) is 0 Å². The van der Waals surface area contributed by atoms with Crippen molar-refractivity contribution in [3.63, 3.8) is 0 Å². The zero-order chi connectivity index (χ0) is 16.0. The summed E-state index contributed by atoms with van der Waals surface area (Å²) >= 11 is 13.5. The van der Waals surface area contributed by atoms with Crippen LogP contribution in [-0.4, -0.2) is 34.5 Å². The van der Waals surface area contributed by atoms with E-state index >= 15 is 0 Å². The van der Waals surface area contributed by atoms with E-state index < -0.39 is 11.7 Å². The Hall–Kier alpha value is -0.720. The molecule has 0 aliphatic rings. The van der Waals surface area contributed by atoms with Crippen molar-refractivity contribution < 1.29 is 9.53 Å². The van der Waals surface area contributed by atoms with Gasteiger partial charge in [0.25, 0.3) is 0 Å². The summed E-state index contributed by atoms with van der Waals surface area (Å²) in [5.41, 5.74) is 0.195. The van der Waals surface area contributed by atoms with Gasteiger partial charge in [0.05, 0.1) is 0 Å². The maximum absolute atomic E-state index is 11.5. The monoisotopic (exact) mass is 351 g/mol. The maximum Gasteiger partial charge on any atom is 0.407 e. The van der Waals surface area contributed by atoms with E-state index in [0.29, 0.717) is 40.4 Å². The highest BCUT2D eigenvalue weighted by molar-refractivity contribution is 7.98. The van der Waals surface area contributed by atoms with E-state index in [1.165, 1.54) is 11.8 Å². The minimum Gasteiger partial charge on any atom is -0.444 e. The molecule has 118 valence electrons. The summed E-state index contributed by atoms with van der Waals surface area (Å²) in [6.45, 7) is 5.91. The summed E-state index contributed by atoms with van der Waals surface area (Å²) in [6.07, 6.45) is 2.67. The minimum absolute atomic E-state index is 0.358. The highest BCUT2D eigenvalue weighted by Gasteiger charge is 2.16. The van der Waals surface area contributed by atoms with Gasteiger partial charge >= 0.3 is 6.09 Å². The van der Waals surface area contributed by atoms with Crippen LogP contribution in [0.1, 0.15) is 32.8 Å². The number of hydrogen-bond acceptors (Lipinski definition) is 5. The van der Waals surface area contributed by atoms with Crippen molar-refractivity contribution in [2.75, 3.05) is 12.8 Å². The topological polar surface area (TPSA) is 64.1 Å². The largest absolute Gasteiger partial charge is 0.444 e. The lowest BCUT2D eigenvalue weighted by atomic mass is 10.2. The third-order valence-electron chi connectivity index (χ3n) is 2.34. The molecule has 0 fully saturated rings. The first-order valence-electron chi connectivity index (χ1n) is 6.45. The molecule has 1 amide bonds. The second-order valence-corrected chi connectivity index (χ2v) is 6.79. The number of carbonyl (C=O) groups excluding carboxylic acids is 1. The predicted molar refractivity (Wildman–Crippen MR) is 86.4 cm³/mol. The summed E-state index contributed by atoms with van der Waals surface area (Å²) < 4.78 is 5.14. The molecule has 1 heterocycles. The van der Waals surface area contributed by atoms with Crippen molar-refractivity contribution in [3.8, 4) is 0 Å². The number of carbonyl (C=O) groups is 1. The molecule has 0 atom stereocenters. The molecular formula is C13H19Cl2N3O2S. The van der Waals surface area contributed by atoms with Crippen LogP contribution in [0.3, 0.4) is 0 Å². The van der Waals surface area contributed by atoms with Crippen molar-refractivity contribution in [2.45, 2.75) is 44.4 Å². The summed E-state index contributed by atoms with van der Waals surface area (Å²) in [5.74, 6) is 0. The predicted octanol–water partition coefficient (Wildman–Crippen LogP) is 3.96. The molecule has 0 radical (unpaired) electrons. The number of aromatic nitrogens is 2. The lowest BCUT2D eigenvalue weighted by Gasteiger charge is -2.19. The number of nitrogens with one attached hydrogen (secondary N) is 1. The van der Waals surface area contributed by atoms with Crippen LogP contribution in [0.4, 0.5) is 4.79 Å². The molecule has 0 aliphatic carbocycles. The summed E-state index contributed by atoms with van der Waals surface area (Å²) in [6, 6.07) is 0. The average Bonchev–Trinajstić information content (AvgIpc) is 2.34. The molecule has 1 N–H and O–H groups in total.